The van der Waals surface area contributed by atoms with Gasteiger partial charge in [-0.25, -0.2) is 9.98 Å². The number of nitrogen functional groups attached to an aromatic ring is 1. The van der Waals surface area contributed by atoms with Crippen LogP contribution in [-0.2, 0) is 6.42 Å². The number of hydrogen-bond acceptors (Lipinski definition) is 4. The molecule has 0 spiro atoms. The quantitative estimate of drug-likeness (QED) is 0.0863. The summed E-state index contributed by atoms with van der Waals surface area (Å²) in [6.07, 6.45) is 2.42. The SMILES string of the molecule is N=C(N=C(N=Cc1ccccc1)c1ccccc1)c1cccc(-c2cccc(-c3c(-c4cccc5c4sc4ccccc45)oc(-c4ccccc4N)c3Cc3ccccc3)c2)c1. The lowest BCUT2D eigenvalue weighted by Gasteiger charge is -2.12. The average Bonchev–Trinajstić information content (AvgIpc) is 3.90. The van der Waals surface area contributed by atoms with Crippen LogP contribution in [0.1, 0.15) is 27.8 Å². The highest BCUT2D eigenvalue weighted by atomic mass is 32.1. The van der Waals surface area contributed by atoms with Gasteiger partial charge < -0.3 is 10.2 Å². The van der Waals surface area contributed by atoms with Gasteiger partial charge in [0.15, 0.2) is 11.7 Å². The van der Waals surface area contributed by atoms with Gasteiger partial charge in [-0.1, -0.05) is 170 Å². The van der Waals surface area contributed by atoms with E-state index >= 15 is 0 Å². The summed E-state index contributed by atoms with van der Waals surface area (Å²) in [5, 5.41) is 11.6. The van der Waals surface area contributed by atoms with E-state index in [1.165, 1.54) is 25.7 Å². The van der Waals surface area contributed by atoms with Crippen LogP contribution in [0.25, 0.3) is 65.1 Å². The zero-order valence-corrected chi connectivity index (χ0v) is 34.5. The molecule has 0 aliphatic rings. The molecule has 0 saturated carbocycles. The molecular formula is C56H40N4OS. The largest absolute Gasteiger partial charge is 0.455 e. The van der Waals surface area contributed by atoms with Crippen LogP contribution < -0.4 is 5.73 Å². The highest BCUT2D eigenvalue weighted by molar-refractivity contribution is 7.26. The van der Waals surface area contributed by atoms with Gasteiger partial charge in [-0.15, -0.1) is 11.3 Å². The highest BCUT2D eigenvalue weighted by Crippen LogP contribution is 2.49. The predicted octanol–water partition coefficient (Wildman–Crippen LogP) is 14.4. The van der Waals surface area contributed by atoms with Crippen molar-refractivity contribution in [2.45, 2.75) is 6.42 Å². The summed E-state index contributed by atoms with van der Waals surface area (Å²) >= 11 is 1.79. The van der Waals surface area contributed by atoms with Crippen LogP contribution in [0.3, 0.4) is 0 Å². The number of para-hydroxylation sites is 1. The molecule has 5 nitrogen and oxygen atoms in total. The number of amidine groups is 2. The molecule has 8 aromatic carbocycles. The summed E-state index contributed by atoms with van der Waals surface area (Å²) in [5.41, 5.74) is 18.0. The van der Waals surface area contributed by atoms with Gasteiger partial charge in [0.1, 0.15) is 11.5 Å². The summed E-state index contributed by atoms with van der Waals surface area (Å²) in [6, 6.07) is 70.0. The molecule has 0 unspecified atom stereocenters. The lowest BCUT2D eigenvalue weighted by Crippen LogP contribution is -2.04. The van der Waals surface area contributed by atoms with Gasteiger partial charge in [0, 0.05) is 71.9 Å². The van der Waals surface area contributed by atoms with Crippen molar-refractivity contribution < 1.29 is 4.42 Å². The third-order valence-corrected chi connectivity index (χ3v) is 12.3. The number of nitrogens with one attached hydrogen (secondary N) is 1. The molecule has 6 heteroatoms. The number of thiophene rings is 1. The summed E-state index contributed by atoms with van der Waals surface area (Å²) in [5.74, 6) is 2.15. The summed E-state index contributed by atoms with van der Waals surface area (Å²) in [7, 11) is 0. The molecule has 0 radical (unpaired) electrons. The van der Waals surface area contributed by atoms with Gasteiger partial charge in [-0.3, -0.25) is 5.41 Å². The molecule has 0 atom stereocenters. The van der Waals surface area contributed by atoms with E-state index in [1.54, 1.807) is 17.6 Å². The Kier molecular flexibility index (Phi) is 10.5. The second-order valence-electron chi connectivity index (χ2n) is 15.1. The Bertz CT molecular complexity index is 3290. The van der Waals surface area contributed by atoms with Crippen LogP contribution >= 0.6 is 11.3 Å². The van der Waals surface area contributed by atoms with Crippen molar-refractivity contribution in [3.05, 3.63) is 234 Å². The molecule has 0 aliphatic heterocycles. The Morgan fingerprint density at radius 1 is 0.565 bits per heavy atom. The lowest BCUT2D eigenvalue weighted by atomic mass is 9.90. The Morgan fingerprint density at radius 2 is 1.18 bits per heavy atom. The molecule has 10 aromatic rings. The highest BCUT2D eigenvalue weighted by Gasteiger charge is 2.27. The van der Waals surface area contributed by atoms with E-state index in [0.29, 0.717) is 23.5 Å². The molecule has 2 heterocycles. The minimum absolute atomic E-state index is 0.121. The van der Waals surface area contributed by atoms with Crippen LogP contribution in [0.4, 0.5) is 5.69 Å². The molecule has 0 amide bonds. The summed E-state index contributed by atoms with van der Waals surface area (Å²) < 4.78 is 9.63. The first-order chi connectivity index (χ1) is 30.6. The zero-order valence-electron chi connectivity index (χ0n) is 33.7. The van der Waals surface area contributed by atoms with E-state index in [0.717, 1.165) is 61.6 Å². The lowest BCUT2D eigenvalue weighted by molar-refractivity contribution is 0.596. The van der Waals surface area contributed by atoms with Gasteiger partial charge in [-0.2, -0.15) is 0 Å². The van der Waals surface area contributed by atoms with Crippen molar-refractivity contribution in [3.63, 3.8) is 0 Å². The standard InChI is InChI=1S/C56H40N4OS/c57-49-31-12-10-28-46(49)52-48(33-37-17-4-1-5-18-37)51(53(61-52)47-30-16-29-45-44-27-11-13-32-50(44)62-54(45)47)42-25-14-23-40(34-42)41-24-15-26-43(35-41)55(58)60-56(39-21-8-3-9-22-39)59-36-38-19-6-2-7-20-38/h1-32,34-36,58H,33,57H2. The molecule has 0 aliphatic carbocycles. The molecular weight excluding hydrogens is 777 g/mol. The van der Waals surface area contributed by atoms with E-state index < -0.39 is 0 Å². The van der Waals surface area contributed by atoms with Crippen molar-refractivity contribution in [1.29, 1.82) is 5.41 Å². The fourth-order valence-corrected chi connectivity index (χ4v) is 9.29. The van der Waals surface area contributed by atoms with Crippen LogP contribution in [-0.4, -0.2) is 17.9 Å². The Balaban J connectivity index is 1.12. The molecule has 10 rings (SSSR count). The number of nitrogens with two attached hydrogens (primary N) is 1. The Labute approximate surface area is 364 Å². The van der Waals surface area contributed by atoms with Crippen LogP contribution in [0.2, 0.25) is 0 Å². The molecule has 0 saturated heterocycles. The van der Waals surface area contributed by atoms with Gasteiger partial charge in [-0.05, 0) is 64.2 Å². The molecule has 2 aromatic heterocycles. The third-order valence-electron chi connectivity index (χ3n) is 11.1. The molecule has 62 heavy (non-hydrogen) atoms. The average molecular weight is 817 g/mol. The van der Waals surface area contributed by atoms with Crippen molar-refractivity contribution >= 4 is 55.1 Å². The predicted molar refractivity (Wildman–Crippen MR) is 261 cm³/mol. The maximum absolute atomic E-state index is 9.21. The van der Waals surface area contributed by atoms with Gasteiger partial charge >= 0.3 is 0 Å². The molecule has 0 bridgehead atoms. The van der Waals surface area contributed by atoms with Crippen LogP contribution in [0.15, 0.2) is 221 Å². The summed E-state index contributed by atoms with van der Waals surface area (Å²) in [4.78, 5) is 9.54. The maximum Gasteiger partial charge on any atom is 0.161 e. The fraction of sp³-hybridized carbons (Fsp3) is 0.0179. The smallest absolute Gasteiger partial charge is 0.161 e. The summed E-state index contributed by atoms with van der Waals surface area (Å²) in [6.45, 7) is 0. The minimum Gasteiger partial charge on any atom is -0.455 e. The Morgan fingerprint density at radius 3 is 1.98 bits per heavy atom. The van der Waals surface area contributed by atoms with E-state index in [-0.39, 0.29) is 5.84 Å². The monoisotopic (exact) mass is 816 g/mol. The van der Waals surface area contributed by atoms with Gasteiger partial charge in [0.2, 0.25) is 0 Å². The van der Waals surface area contributed by atoms with Crippen molar-refractivity contribution in [3.8, 4) is 44.9 Å². The first-order valence-electron chi connectivity index (χ1n) is 20.6. The number of anilines is 1. The Hall–Kier alpha value is -7.93. The van der Waals surface area contributed by atoms with E-state index in [9.17, 15) is 5.41 Å². The number of rotatable bonds is 9. The van der Waals surface area contributed by atoms with E-state index in [4.69, 9.17) is 20.1 Å². The normalized spacial score (nSPS) is 11.8. The third kappa shape index (κ3) is 7.67. The number of nitrogens with zero attached hydrogens (tertiary/aromatic N) is 2. The first-order valence-corrected chi connectivity index (χ1v) is 21.4. The second kappa shape index (κ2) is 17.0. The number of hydrogen-bond donors (Lipinski definition) is 2. The van der Waals surface area contributed by atoms with Crippen molar-refractivity contribution in [2.24, 2.45) is 9.98 Å². The fourth-order valence-electron chi connectivity index (χ4n) is 8.08. The van der Waals surface area contributed by atoms with Crippen LogP contribution in [0, 0.1) is 5.41 Å². The topological polar surface area (TPSA) is 87.7 Å². The van der Waals surface area contributed by atoms with Crippen LogP contribution in [0.5, 0.6) is 0 Å². The minimum atomic E-state index is 0.121. The first kappa shape index (κ1) is 38.3. The van der Waals surface area contributed by atoms with Gasteiger partial charge in [0.05, 0.1) is 0 Å². The number of benzene rings is 8. The second-order valence-corrected chi connectivity index (χ2v) is 16.2. The van der Waals surface area contributed by atoms with Gasteiger partial charge in [0.25, 0.3) is 0 Å². The van der Waals surface area contributed by atoms with Crippen molar-refractivity contribution in [2.75, 3.05) is 5.73 Å². The maximum atomic E-state index is 9.21. The molecule has 296 valence electrons. The van der Waals surface area contributed by atoms with E-state index in [1.807, 2.05) is 109 Å². The number of aliphatic imine (C=N–C) groups is 2. The van der Waals surface area contributed by atoms with E-state index in [2.05, 4.69) is 97.1 Å². The van der Waals surface area contributed by atoms with Crippen molar-refractivity contribution in [1.82, 2.24) is 0 Å². The molecule has 0 fully saturated rings. The zero-order chi connectivity index (χ0) is 41.8. The number of fused-ring (bicyclic) bond motifs is 3. The number of furan rings is 1. The molecule has 3 N–H and O–H groups in total.